The highest BCUT2D eigenvalue weighted by Gasteiger charge is 2.62. The summed E-state index contributed by atoms with van der Waals surface area (Å²) in [5.74, 6) is -7.81. The highest BCUT2D eigenvalue weighted by Crippen LogP contribution is 2.48. The molecule has 0 unspecified atom stereocenters. The maximum atomic E-state index is 13.9. The van der Waals surface area contributed by atoms with E-state index in [0.29, 0.717) is 19.4 Å². The molecule has 2 aromatic rings. The zero-order chi connectivity index (χ0) is 25.8. The molecule has 0 bridgehead atoms. The van der Waals surface area contributed by atoms with Crippen LogP contribution in [0.4, 0.5) is 13.2 Å². The largest absolute Gasteiger partial charge is 0.479 e. The Hall–Kier alpha value is -2.58. The van der Waals surface area contributed by atoms with Gasteiger partial charge in [0.15, 0.2) is 35.1 Å². The van der Waals surface area contributed by atoms with Crippen LogP contribution < -0.4 is 0 Å². The fourth-order valence-electron chi connectivity index (χ4n) is 4.92. The Balaban J connectivity index is 1.59. The standard InChI is InChI=1S/C23H26F3N3O7/c1-11(21(30)31)34-20-18(29-9-15(27-28-29)12-7-13(24)17(26)14(25)8-12)19-16(10-33-22(2,3)36-19)35-23(20)5-4-6-32-23/h7-9,11,16,18-20H,4-6,10H2,1-3H3,(H,30,31)/t11-,16-,18-,19+,20-,23-/m0/s1. The van der Waals surface area contributed by atoms with E-state index >= 15 is 0 Å². The third kappa shape index (κ3) is 4.39. The van der Waals surface area contributed by atoms with Crippen molar-refractivity contribution < 1.29 is 46.8 Å². The summed E-state index contributed by atoms with van der Waals surface area (Å²) >= 11 is 0. The van der Waals surface area contributed by atoms with Crippen molar-refractivity contribution in [2.75, 3.05) is 13.2 Å². The summed E-state index contributed by atoms with van der Waals surface area (Å²) in [6, 6.07) is 0.814. The number of ether oxygens (including phenoxy) is 5. The summed E-state index contributed by atoms with van der Waals surface area (Å²) in [4.78, 5) is 11.7. The van der Waals surface area contributed by atoms with E-state index in [1.54, 1.807) is 13.8 Å². The van der Waals surface area contributed by atoms with Gasteiger partial charge >= 0.3 is 5.97 Å². The van der Waals surface area contributed by atoms with Crippen LogP contribution in [0.3, 0.4) is 0 Å². The van der Waals surface area contributed by atoms with Crippen molar-refractivity contribution in [3.63, 3.8) is 0 Å². The average Bonchev–Trinajstić information content (AvgIpc) is 3.48. The van der Waals surface area contributed by atoms with Crippen molar-refractivity contribution in [2.45, 2.75) is 75.6 Å². The third-order valence-electron chi connectivity index (χ3n) is 6.62. The monoisotopic (exact) mass is 513 g/mol. The lowest BCUT2D eigenvalue weighted by molar-refractivity contribution is -0.405. The fourth-order valence-corrected chi connectivity index (χ4v) is 4.92. The minimum absolute atomic E-state index is 0.0299. The van der Waals surface area contributed by atoms with Gasteiger partial charge in [0.25, 0.3) is 0 Å². The van der Waals surface area contributed by atoms with E-state index in [4.69, 9.17) is 23.7 Å². The number of carboxylic acids is 1. The molecule has 0 radical (unpaired) electrons. The molecule has 3 fully saturated rings. The Morgan fingerprint density at radius 1 is 1.22 bits per heavy atom. The smallest absolute Gasteiger partial charge is 0.332 e. The lowest BCUT2D eigenvalue weighted by atomic mass is 9.87. The number of aromatic nitrogens is 3. The van der Waals surface area contributed by atoms with Crippen LogP contribution in [0.1, 0.15) is 39.7 Å². The molecule has 1 aromatic heterocycles. The molecule has 4 heterocycles. The van der Waals surface area contributed by atoms with Crippen molar-refractivity contribution in [1.82, 2.24) is 15.0 Å². The number of carbonyl (C=O) groups is 1. The summed E-state index contributed by atoms with van der Waals surface area (Å²) in [7, 11) is 0. The molecular formula is C23H26F3N3O7. The first-order valence-corrected chi connectivity index (χ1v) is 11.6. The van der Waals surface area contributed by atoms with Gasteiger partial charge in [-0.25, -0.2) is 22.6 Å². The van der Waals surface area contributed by atoms with E-state index < -0.39 is 65.5 Å². The first-order valence-electron chi connectivity index (χ1n) is 11.6. The van der Waals surface area contributed by atoms with Crippen LogP contribution in [-0.4, -0.2) is 75.3 Å². The van der Waals surface area contributed by atoms with Gasteiger partial charge in [-0.15, -0.1) is 5.10 Å². The molecule has 5 rings (SSSR count). The van der Waals surface area contributed by atoms with Gasteiger partial charge < -0.3 is 28.8 Å². The Kier molecular flexibility index (Phi) is 6.32. The van der Waals surface area contributed by atoms with Crippen molar-refractivity contribution in [1.29, 1.82) is 0 Å². The van der Waals surface area contributed by atoms with Crippen LogP contribution in [0.2, 0.25) is 0 Å². The molecule has 3 aliphatic heterocycles. The molecule has 0 saturated carbocycles. The number of rotatable bonds is 5. The first-order chi connectivity index (χ1) is 17.0. The van der Waals surface area contributed by atoms with Crippen LogP contribution in [0.25, 0.3) is 11.3 Å². The summed E-state index contributed by atoms with van der Waals surface area (Å²) in [5, 5.41) is 17.7. The molecule has 0 amide bonds. The maximum absolute atomic E-state index is 13.9. The Morgan fingerprint density at radius 3 is 2.58 bits per heavy atom. The molecule has 0 aliphatic carbocycles. The van der Waals surface area contributed by atoms with E-state index in [1.807, 2.05) is 0 Å². The van der Waals surface area contributed by atoms with Gasteiger partial charge in [0.1, 0.15) is 30.0 Å². The first kappa shape index (κ1) is 25.1. The molecule has 13 heteroatoms. The Bertz CT molecular complexity index is 1130. The second kappa shape index (κ2) is 9.06. The molecule has 6 atom stereocenters. The molecule has 10 nitrogen and oxygen atoms in total. The van der Waals surface area contributed by atoms with Crippen LogP contribution in [0.15, 0.2) is 18.3 Å². The van der Waals surface area contributed by atoms with Gasteiger partial charge in [-0.3, -0.25) is 0 Å². The summed E-state index contributed by atoms with van der Waals surface area (Å²) < 4.78 is 72.9. The minimum Gasteiger partial charge on any atom is -0.479 e. The van der Waals surface area contributed by atoms with Crippen LogP contribution in [0, 0.1) is 17.5 Å². The Morgan fingerprint density at radius 2 is 1.94 bits per heavy atom. The SMILES string of the molecule is C[C@H](O[C@H]1[C@@H](n2cc(-c3cc(F)c(F)c(F)c3)nn2)[C@@H]2OC(C)(C)OC[C@@H]2O[C@@]12CCCO2)C(=O)O. The predicted molar refractivity (Wildman–Crippen MR) is 114 cm³/mol. The molecule has 1 N–H and O–H groups in total. The predicted octanol–water partition coefficient (Wildman–Crippen LogP) is 2.82. The molecule has 3 saturated heterocycles. The summed E-state index contributed by atoms with van der Waals surface area (Å²) in [5.41, 5.74) is 0.0336. The van der Waals surface area contributed by atoms with Crippen LogP contribution >= 0.6 is 0 Å². The molecule has 1 aromatic carbocycles. The second-order valence-corrected chi connectivity index (χ2v) is 9.58. The number of nitrogens with zero attached hydrogens (tertiary/aromatic N) is 3. The molecule has 3 aliphatic rings. The lowest BCUT2D eigenvalue weighted by Gasteiger charge is -2.54. The topological polar surface area (TPSA) is 114 Å². The van der Waals surface area contributed by atoms with Gasteiger partial charge in [0, 0.05) is 12.0 Å². The Labute approximate surface area is 204 Å². The molecule has 196 valence electrons. The van der Waals surface area contributed by atoms with E-state index in [-0.39, 0.29) is 17.9 Å². The maximum Gasteiger partial charge on any atom is 0.332 e. The van der Waals surface area contributed by atoms with Gasteiger partial charge in [-0.1, -0.05) is 5.21 Å². The number of hydrogen-bond donors (Lipinski definition) is 1. The van der Waals surface area contributed by atoms with Crippen LogP contribution in [-0.2, 0) is 28.5 Å². The number of benzene rings is 1. The lowest BCUT2D eigenvalue weighted by Crippen LogP contribution is -2.67. The van der Waals surface area contributed by atoms with E-state index in [1.165, 1.54) is 17.8 Å². The van der Waals surface area contributed by atoms with Crippen molar-refractivity contribution in [2.24, 2.45) is 0 Å². The zero-order valence-electron chi connectivity index (χ0n) is 19.8. The van der Waals surface area contributed by atoms with E-state index in [9.17, 15) is 23.1 Å². The number of aliphatic carboxylic acids is 1. The van der Waals surface area contributed by atoms with Crippen molar-refractivity contribution >= 4 is 5.97 Å². The normalized spacial score (nSPS) is 32.4. The average molecular weight is 513 g/mol. The highest BCUT2D eigenvalue weighted by atomic mass is 19.2. The molecule has 1 spiro atoms. The van der Waals surface area contributed by atoms with Crippen molar-refractivity contribution in [3.05, 3.63) is 35.8 Å². The highest BCUT2D eigenvalue weighted by molar-refractivity contribution is 5.71. The number of halogens is 3. The van der Waals surface area contributed by atoms with Gasteiger partial charge in [0.05, 0.1) is 19.4 Å². The minimum atomic E-state index is -1.59. The van der Waals surface area contributed by atoms with Gasteiger partial charge in [-0.2, -0.15) is 0 Å². The molecule has 36 heavy (non-hydrogen) atoms. The van der Waals surface area contributed by atoms with E-state index in [0.717, 1.165) is 12.1 Å². The fraction of sp³-hybridized carbons (Fsp3) is 0.609. The van der Waals surface area contributed by atoms with Crippen molar-refractivity contribution in [3.8, 4) is 11.3 Å². The zero-order valence-corrected chi connectivity index (χ0v) is 19.8. The number of carboxylic acid groups (broad SMARTS) is 1. The number of hydrogen-bond acceptors (Lipinski definition) is 8. The summed E-state index contributed by atoms with van der Waals surface area (Å²) in [6.45, 7) is 5.37. The van der Waals surface area contributed by atoms with Gasteiger partial charge in [-0.05, 0) is 39.3 Å². The quantitative estimate of drug-likeness (QED) is 0.603. The second-order valence-electron chi connectivity index (χ2n) is 9.58. The van der Waals surface area contributed by atoms with E-state index in [2.05, 4.69) is 10.3 Å². The third-order valence-corrected chi connectivity index (χ3v) is 6.62. The summed E-state index contributed by atoms with van der Waals surface area (Å²) in [6.07, 6.45) is -1.10. The number of fused-ring (bicyclic) bond motifs is 1. The van der Waals surface area contributed by atoms with Crippen LogP contribution in [0.5, 0.6) is 0 Å². The van der Waals surface area contributed by atoms with Gasteiger partial charge in [0.2, 0.25) is 0 Å². The molecular weight excluding hydrogens is 487 g/mol.